The molecule has 200 valence electrons. The van der Waals surface area contributed by atoms with Crippen LogP contribution >= 0.6 is 0 Å². The number of benzene rings is 4. The highest BCUT2D eigenvalue weighted by Crippen LogP contribution is 2.21. The van der Waals surface area contributed by atoms with Crippen molar-refractivity contribution in [2.75, 3.05) is 0 Å². The van der Waals surface area contributed by atoms with Gasteiger partial charge in [0.25, 0.3) is 0 Å². The number of fused-ring (bicyclic) bond motifs is 2. The summed E-state index contributed by atoms with van der Waals surface area (Å²) in [7, 11) is 0. The highest BCUT2D eigenvalue weighted by molar-refractivity contribution is 6.10. The number of para-hydroxylation sites is 4. The van der Waals surface area contributed by atoms with Crippen LogP contribution in [0.1, 0.15) is 48.6 Å². The Labute approximate surface area is 231 Å². The summed E-state index contributed by atoms with van der Waals surface area (Å²) in [4.78, 5) is 8.83. The Morgan fingerprint density at radius 2 is 0.975 bits per heavy atom. The van der Waals surface area contributed by atoms with Crippen LogP contribution in [0.5, 0.6) is 11.5 Å². The van der Waals surface area contributed by atoms with E-state index in [1.807, 2.05) is 97.1 Å². The number of hydrogen-bond acceptors (Lipinski definition) is 7. The molecule has 2 aromatic heterocycles. The lowest BCUT2D eigenvalue weighted by atomic mass is 10.0. The van der Waals surface area contributed by atoms with E-state index in [2.05, 4.69) is 9.97 Å². The molecule has 6 aromatic rings. The molecule has 4 aromatic carbocycles. The molecule has 0 spiro atoms. The third-order valence-corrected chi connectivity index (χ3v) is 6.69. The van der Waals surface area contributed by atoms with E-state index in [-0.39, 0.29) is 13.2 Å². The second-order valence-electron chi connectivity index (χ2n) is 9.57. The fourth-order valence-corrected chi connectivity index (χ4v) is 4.11. The number of aromatic nitrogens is 2. The molecule has 40 heavy (non-hydrogen) atoms. The second kappa shape index (κ2) is 11.9. The van der Waals surface area contributed by atoms with Crippen molar-refractivity contribution in [3.63, 3.8) is 0 Å². The van der Waals surface area contributed by atoms with Gasteiger partial charge in [-0.05, 0) is 72.8 Å². The predicted octanol–water partition coefficient (Wildman–Crippen LogP) is 8.10. The molecule has 7 nitrogen and oxygen atoms in total. The summed E-state index contributed by atoms with van der Waals surface area (Å²) < 4.78 is 23.0. The molecule has 0 atom stereocenters. The molecule has 0 bridgehead atoms. The van der Waals surface area contributed by atoms with Gasteiger partial charge in [0.05, 0.1) is 5.71 Å². The first-order valence-electron chi connectivity index (χ1n) is 13.5. The maximum Gasteiger partial charge on any atom is 0.233 e. The van der Waals surface area contributed by atoms with Crippen LogP contribution in [-0.2, 0) is 13.2 Å². The molecule has 0 unspecified atom stereocenters. The molecule has 7 rings (SSSR count). The zero-order valence-corrected chi connectivity index (χ0v) is 22.0. The first-order chi connectivity index (χ1) is 19.7. The largest absolute Gasteiger partial charge is 0.484 e. The van der Waals surface area contributed by atoms with Crippen molar-refractivity contribution in [1.82, 2.24) is 9.97 Å². The molecule has 1 fully saturated rings. The Balaban J connectivity index is 0.000000666. The lowest BCUT2D eigenvalue weighted by molar-refractivity contribution is 0.267. The van der Waals surface area contributed by atoms with Crippen LogP contribution in [0.3, 0.4) is 0 Å². The van der Waals surface area contributed by atoms with E-state index >= 15 is 0 Å². The average molecular weight is 532 g/mol. The molecule has 1 aliphatic carbocycles. The number of nitrogens with zero attached hydrogens (tertiary/aromatic N) is 2. The SMILES string of the molecule is C1CCC1.N=C(c1ccc(OCc2nc3ccccc3o2)cc1)c1ccc(OCc2nc3ccccc3o2)cc1. The summed E-state index contributed by atoms with van der Waals surface area (Å²) in [6.45, 7) is 0.465. The summed E-state index contributed by atoms with van der Waals surface area (Å²) in [5.74, 6) is 2.39. The van der Waals surface area contributed by atoms with E-state index < -0.39 is 0 Å². The topological polar surface area (TPSA) is 94.4 Å². The highest BCUT2D eigenvalue weighted by atomic mass is 16.5. The van der Waals surface area contributed by atoms with Crippen molar-refractivity contribution in [1.29, 1.82) is 5.41 Å². The number of nitrogens with one attached hydrogen (secondary N) is 1. The zero-order chi connectivity index (χ0) is 27.1. The van der Waals surface area contributed by atoms with Gasteiger partial charge < -0.3 is 18.3 Å². The first-order valence-corrected chi connectivity index (χ1v) is 13.5. The van der Waals surface area contributed by atoms with Crippen molar-refractivity contribution in [3.8, 4) is 11.5 Å². The van der Waals surface area contributed by atoms with Gasteiger partial charge in [-0.3, -0.25) is 5.41 Å². The van der Waals surface area contributed by atoms with Gasteiger partial charge >= 0.3 is 0 Å². The first kappa shape index (κ1) is 25.4. The molecule has 1 N–H and O–H groups in total. The average Bonchev–Trinajstić information content (AvgIpc) is 3.58. The van der Waals surface area contributed by atoms with E-state index in [9.17, 15) is 0 Å². The maximum absolute atomic E-state index is 8.58. The molecule has 1 aliphatic rings. The Morgan fingerprint density at radius 3 is 1.35 bits per heavy atom. The minimum absolute atomic E-state index is 0.233. The minimum Gasteiger partial charge on any atom is -0.484 e. The molecule has 0 amide bonds. The van der Waals surface area contributed by atoms with Crippen LogP contribution in [-0.4, -0.2) is 15.7 Å². The summed E-state index contributed by atoms with van der Waals surface area (Å²) in [5.41, 5.74) is 5.06. The Kier molecular flexibility index (Phi) is 7.53. The number of ether oxygens (including phenoxy) is 2. The van der Waals surface area contributed by atoms with Gasteiger partial charge in [-0.1, -0.05) is 49.9 Å². The van der Waals surface area contributed by atoms with Crippen molar-refractivity contribution < 1.29 is 18.3 Å². The van der Waals surface area contributed by atoms with Gasteiger partial charge in [0, 0.05) is 11.1 Å². The summed E-state index contributed by atoms with van der Waals surface area (Å²) in [6.07, 6.45) is 6.00. The monoisotopic (exact) mass is 531 g/mol. The smallest absolute Gasteiger partial charge is 0.233 e. The van der Waals surface area contributed by atoms with Gasteiger partial charge in [-0.15, -0.1) is 0 Å². The normalized spacial score (nSPS) is 12.4. The molecule has 7 heteroatoms. The van der Waals surface area contributed by atoms with Crippen LogP contribution in [0.15, 0.2) is 106 Å². The lowest BCUT2D eigenvalue weighted by Crippen LogP contribution is -2.02. The van der Waals surface area contributed by atoms with Gasteiger partial charge in [0.1, 0.15) is 22.5 Å². The van der Waals surface area contributed by atoms with E-state index in [1.165, 1.54) is 25.7 Å². The van der Waals surface area contributed by atoms with E-state index in [0.717, 1.165) is 33.3 Å². The molecular formula is C33H29N3O4. The van der Waals surface area contributed by atoms with Gasteiger partial charge in [-0.25, -0.2) is 9.97 Å². The molecule has 0 radical (unpaired) electrons. The van der Waals surface area contributed by atoms with E-state index in [0.29, 0.717) is 29.0 Å². The van der Waals surface area contributed by atoms with Crippen LogP contribution < -0.4 is 9.47 Å². The maximum atomic E-state index is 8.58. The van der Waals surface area contributed by atoms with E-state index in [4.69, 9.17) is 23.7 Å². The van der Waals surface area contributed by atoms with Crippen molar-refractivity contribution in [2.24, 2.45) is 0 Å². The van der Waals surface area contributed by atoms with Crippen LogP contribution in [0.2, 0.25) is 0 Å². The fourth-order valence-electron chi connectivity index (χ4n) is 4.11. The molecular weight excluding hydrogens is 502 g/mol. The third kappa shape index (κ3) is 6.04. The van der Waals surface area contributed by atoms with Gasteiger partial charge in [0.2, 0.25) is 11.8 Å². The highest BCUT2D eigenvalue weighted by Gasteiger charge is 2.09. The zero-order valence-electron chi connectivity index (χ0n) is 22.0. The van der Waals surface area contributed by atoms with Crippen LogP contribution in [0.4, 0.5) is 0 Å². The van der Waals surface area contributed by atoms with Crippen molar-refractivity contribution in [3.05, 3.63) is 120 Å². The van der Waals surface area contributed by atoms with Crippen LogP contribution in [0, 0.1) is 5.41 Å². The summed E-state index contributed by atoms with van der Waals surface area (Å²) in [5, 5.41) is 8.58. The van der Waals surface area contributed by atoms with Crippen molar-refractivity contribution in [2.45, 2.75) is 38.9 Å². The number of oxazole rings is 2. The molecule has 0 saturated heterocycles. The Hall–Kier alpha value is -4.91. The minimum atomic E-state index is 0.233. The van der Waals surface area contributed by atoms with Gasteiger partial charge in [0.15, 0.2) is 24.4 Å². The quantitative estimate of drug-likeness (QED) is 0.199. The third-order valence-electron chi connectivity index (χ3n) is 6.69. The Morgan fingerprint density at radius 1 is 0.575 bits per heavy atom. The molecule has 1 saturated carbocycles. The molecule has 2 heterocycles. The number of rotatable bonds is 8. The lowest BCUT2D eigenvalue weighted by Gasteiger charge is -2.08. The van der Waals surface area contributed by atoms with Crippen molar-refractivity contribution >= 4 is 27.9 Å². The fraction of sp³-hybridized carbons (Fsp3) is 0.182. The Bertz CT molecular complexity index is 1520. The standard InChI is InChI=1S/C29H21N3O4.C4H8/c30-29(19-9-13-21(14-10-19)33-17-27-31-23-5-1-3-7-25(23)35-27)20-11-15-22(16-12-20)34-18-28-32-24-6-2-4-8-26(24)36-28;1-2-4-3-1/h1-16,30H,17-18H2;1-4H2. The van der Waals surface area contributed by atoms with E-state index in [1.54, 1.807) is 0 Å². The molecule has 0 aliphatic heterocycles. The second-order valence-corrected chi connectivity index (χ2v) is 9.57. The number of hydrogen-bond donors (Lipinski definition) is 1. The predicted molar refractivity (Wildman–Crippen MR) is 154 cm³/mol. The summed E-state index contributed by atoms with van der Waals surface area (Å²) >= 11 is 0. The van der Waals surface area contributed by atoms with Crippen LogP contribution in [0.25, 0.3) is 22.2 Å². The summed E-state index contributed by atoms with van der Waals surface area (Å²) in [6, 6.07) is 30.0. The van der Waals surface area contributed by atoms with Gasteiger partial charge in [-0.2, -0.15) is 0 Å².